The number of alkyl halides is 1. The van der Waals surface area contributed by atoms with Crippen LogP contribution in [0.5, 0.6) is 5.88 Å². The predicted octanol–water partition coefficient (Wildman–Crippen LogP) is 3.09. The Hall–Kier alpha value is -0.610. The summed E-state index contributed by atoms with van der Waals surface area (Å²) in [7, 11) is 1.69. The summed E-state index contributed by atoms with van der Waals surface area (Å²) in [5.41, 5.74) is 1.19. The number of hydrogen-bond acceptors (Lipinski definition) is 3. The molecule has 0 bridgehead atoms. The lowest BCUT2D eigenvalue weighted by atomic mass is 9.95. The number of piperidine rings is 1. The van der Waals surface area contributed by atoms with Gasteiger partial charge in [0.05, 0.1) is 7.11 Å². The van der Waals surface area contributed by atoms with Gasteiger partial charge in [-0.15, -0.1) is 0 Å². The number of hydrogen-bond donors (Lipinski definition) is 0. The third-order valence-corrected chi connectivity index (χ3v) is 4.02. The second kappa shape index (κ2) is 7.10. The van der Waals surface area contributed by atoms with Crippen LogP contribution in [0.1, 0.15) is 24.8 Å². The number of pyridine rings is 1. The minimum atomic E-state index is 0.764. The summed E-state index contributed by atoms with van der Waals surface area (Å²) < 4.78 is 5.32. The van der Waals surface area contributed by atoms with Crippen molar-refractivity contribution in [3.63, 3.8) is 0 Å². The first-order valence-corrected chi connectivity index (χ1v) is 7.72. The summed E-state index contributed by atoms with van der Waals surface area (Å²) in [5.74, 6) is 1.60. The van der Waals surface area contributed by atoms with Crippen molar-refractivity contribution in [3.8, 4) is 5.88 Å². The molecule has 1 aromatic heterocycles. The number of ether oxygens (including phenoxy) is 1. The molecule has 1 atom stereocenters. The normalized spacial score (nSPS) is 20.9. The van der Waals surface area contributed by atoms with Gasteiger partial charge in [0, 0.05) is 30.2 Å². The average Bonchev–Trinajstić information content (AvgIpc) is 2.40. The van der Waals surface area contributed by atoms with Gasteiger partial charge in [0.15, 0.2) is 0 Å². The molecule has 0 amide bonds. The maximum atomic E-state index is 5.32. The van der Waals surface area contributed by atoms with E-state index in [-0.39, 0.29) is 0 Å². The van der Waals surface area contributed by atoms with Gasteiger partial charge in [-0.25, -0.2) is 4.98 Å². The van der Waals surface area contributed by atoms with Gasteiger partial charge in [0.2, 0.25) is 5.88 Å². The highest BCUT2D eigenvalue weighted by atomic mass is 79.9. The van der Waals surface area contributed by atoms with Gasteiger partial charge in [0.1, 0.15) is 0 Å². The fraction of sp³-hybridized carbons (Fsp3) is 0.643. The van der Waals surface area contributed by atoms with Crippen LogP contribution in [-0.2, 0) is 6.54 Å². The second-order valence-corrected chi connectivity index (χ2v) is 5.69. The topological polar surface area (TPSA) is 25.4 Å². The number of aromatic nitrogens is 1. The molecule has 1 saturated heterocycles. The molecule has 0 N–H and O–H groups in total. The van der Waals surface area contributed by atoms with Gasteiger partial charge in [-0.05, 0) is 37.8 Å². The zero-order valence-electron chi connectivity index (χ0n) is 10.9. The molecule has 0 saturated carbocycles. The minimum Gasteiger partial charge on any atom is -0.481 e. The summed E-state index contributed by atoms with van der Waals surface area (Å²) in [6, 6.07) is 4.09. The van der Waals surface area contributed by atoms with Gasteiger partial charge >= 0.3 is 0 Å². The molecule has 1 unspecified atom stereocenters. The number of methoxy groups -OCH3 is 1. The summed E-state index contributed by atoms with van der Waals surface area (Å²) in [5, 5.41) is 1.11. The number of halogens is 1. The van der Waals surface area contributed by atoms with Crippen LogP contribution in [0.3, 0.4) is 0 Å². The largest absolute Gasteiger partial charge is 0.481 e. The summed E-state index contributed by atoms with van der Waals surface area (Å²) in [6.07, 6.45) is 5.74. The Labute approximate surface area is 118 Å². The molecule has 18 heavy (non-hydrogen) atoms. The highest BCUT2D eigenvalue weighted by molar-refractivity contribution is 9.09. The van der Waals surface area contributed by atoms with Gasteiger partial charge < -0.3 is 4.74 Å². The first-order chi connectivity index (χ1) is 8.83. The molecule has 0 aromatic carbocycles. The van der Waals surface area contributed by atoms with E-state index < -0.39 is 0 Å². The second-order valence-electron chi connectivity index (χ2n) is 4.89. The number of nitrogens with zero attached hydrogens (tertiary/aromatic N) is 2. The standard InChI is InChI=1S/C14H21BrN2O/c1-18-14-13(5-2-8-16-14)11-17-9-3-4-12(10-17)6-7-15/h2,5,8,12H,3-4,6-7,9-11H2,1H3. The van der Waals surface area contributed by atoms with E-state index in [1.54, 1.807) is 13.3 Å². The molecule has 1 aliphatic heterocycles. The van der Waals surface area contributed by atoms with Gasteiger partial charge in [0.25, 0.3) is 0 Å². The third-order valence-electron chi connectivity index (χ3n) is 3.56. The fourth-order valence-electron chi connectivity index (χ4n) is 2.65. The van der Waals surface area contributed by atoms with E-state index in [0.29, 0.717) is 0 Å². The molecule has 1 aliphatic rings. The quantitative estimate of drug-likeness (QED) is 0.781. The predicted molar refractivity (Wildman–Crippen MR) is 77.2 cm³/mol. The van der Waals surface area contributed by atoms with Crippen molar-refractivity contribution < 1.29 is 4.74 Å². The molecule has 4 heteroatoms. The summed E-state index contributed by atoms with van der Waals surface area (Å²) in [4.78, 5) is 6.79. The molecular formula is C14H21BrN2O. The van der Waals surface area contributed by atoms with Crippen molar-refractivity contribution in [2.75, 3.05) is 25.5 Å². The zero-order chi connectivity index (χ0) is 12.8. The Morgan fingerprint density at radius 3 is 3.22 bits per heavy atom. The smallest absolute Gasteiger partial charge is 0.217 e. The van der Waals surface area contributed by atoms with Crippen LogP contribution in [0.25, 0.3) is 0 Å². The molecule has 0 radical (unpaired) electrons. The van der Waals surface area contributed by atoms with Gasteiger partial charge in [-0.1, -0.05) is 22.0 Å². The SMILES string of the molecule is COc1ncccc1CN1CCCC(CCBr)C1. The van der Waals surface area contributed by atoms with Crippen LogP contribution >= 0.6 is 15.9 Å². The fourth-order valence-corrected chi connectivity index (χ4v) is 3.30. The first kappa shape index (κ1) is 13.8. The highest BCUT2D eigenvalue weighted by Gasteiger charge is 2.20. The van der Waals surface area contributed by atoms with E-state index in [0.717, 1.165) is 23.7 Å². The maximum absolute atomic E-state index is 5.32. The van der Waals surface area contributed by atoms with Crippen LogP contribution in [0, 0.1) is 5.92 Å². The Morgan fingerprint density at radius 2 is 2.44 bits per heavy atom. The minimum absolute atomic E-state index is 0.764. The molecule has 100 valence electrons. The molecule has 3 nitrogen and oxygen atoms in total. The Balaban J connectivity index is 1.96. The van der Waals surface area contributed by atoms with Crippen molar-refractivity contribution in [3.05, 3.63) is 23.9 Å². The number of likely N-dealkylation sites (tertiary alicyclic amines) is 1. The molecule has 2 rings (SSSR count). The van der Waals surface area contributed by atoms with Gasteiger partial charge in [-0.3, -0.25) is 4.90 Å². The Morgan fingerprint density at radius 1 is 1.56 bits per heavy atom. The van der Waals surface area contributed by atoms with Crippen LogP contribution < -0.4 is 4.74 Å². The van der Waals surface area contributed by atoms with Crippen LogP contribution in [-0.4, -0.2) is 35.4 Å². The third kappa shape index (κ3) is 3.69. The average molecular weight is 313 g/mol. The van der Waals surface area contributed by atoms with E-state index in [1.807, 2.05) is 6.07 Å². The Kier molecular flexibility index (Phi) is 5.45. The lowest BCUT2D eigenvalue weighted by Gasteiger charge is -2.32. The molecule has 1 aromatic rings. The lowest BCUT2D eigenvalue weighted by Crippen LogP contribution is -2.35. The Bertz CT molecular complexity index is 371. The van der Waals surface area contributed by atoms with E-state index in [4.69, 9.17) is 4.74 Å². The van der Waals surface area contributed by atoms with E-state index in [1.165, 1.54) is 37.9 Å². The summed E-state index contributed by atoms with van der Waals surface area (Å²) in [6.45, 7) is 3.34. The number of rotatable bonds is 5. The maximum Gasteiger partial charge on any atom is 0.217 e. The monoisotopic (exact) mass is 312 g/mol. The molecular weight excluding hydrogens is 292 g/mol. The first-order valence-electron chi connectivity index (χ1n) is 6.59. The molecule has 2 heterocycles. The lowest BCUT2D eigenvalue weighted by molar-refractivity contribution is 0.163. The van der Waals surface area contributed by atoms with E-state index >= 15 is 0 Å². The van der Waals surface area contributed by atoms with Gasteiger partial charge in [-0.2, -0.15) is 0 Å². The van der Waals surface area contributed by atoms with Crippen LogP contribution in [0.15, 0.2) is 18.3 Å². The van der Waals surface area contributed by atoms with Crippen molar-refractivity contribution >= 4 is 15.9 Å². The van der Waals surface area contributed by atoms with Crippen molar-refractivity contribution in [2.24, 2.45) is 5.92 Å². The zero-order valence-corrected chi connectivity index (χ0v) is 12.5. The van der Waals surface area contributed by atoms with Crippen molar-refractivity contribution in [1.29, 1.82) is 0 Å². The summed E-state index contributed by atoms with van der Waals surface area (Å²) >= 11 is 3.55. The van der Waals surface area contributed by atoms with Crippen LogP contribution in [0.4, 0.5) is 0 Å². The van der Waals surface area contributed by atoms with Crippen LogP contribution in [0.2, 0.25) is 0 Å². The molecule has 1 fully saturated rings. The van der Waals surface area contributed by atoms with Crippen molar-refractivity contribution in [1.82, 2.24) is 9.88 Å². The molecule has 0 spiro atoms. The van der Waals surface area contributed by atoms with Crippen molar-refractivity contribution in [2.45, 2.75) is 25.8 Å². The highest BCUT2D eigenvalue weighted by Crippen LogP contribution is 2.23. The van der Waals surface area contributed by atoms with E-state index in [2.05, 4.69) is 31.9 Å². The van der Waals surface area contributed by atoms with E-state index in [9.17, 15) is 0 Å². The molecule has 0 aliphatic carbocycles.